The molecule has 1 aliphatic heterocycles. The molecule has 0 aromatic rings. The van der Waals surface area contributed by atoms with Crippen molar-refractivity contribution >= 4 is 5.97 Å². The van der Waals surface area contributed by atoms with E-state index in [1.54, 1.807) is 0 Å². The molecule has 0 bridgehead atoms. The monoisotopic (exact) mass is 262 g/mol. The summed E-state index contributed by atoms with van der Waals surface area (Å²) in [7, 11) is 0. The first-order chi connectivity index (χ1) is 8.91. The van der Waals surface area contributed by atoms with Gasteiger partial charge in [-0.25, -0.2) is 4.79 Å². The van der Waals surface area contributed by atoms with Gasteiger partial charge in [-0.2, -0.15) is 0 Å². The number of allylic oxidation sites excluding steroid dienone is 1. The number of carbonyl (C=O) groups excluding carboxylic acids is 1. The van der Waals surface area contributed by atoms with Gasteiger partial charge in [-0.3, -0.25) is 0 Å². The van der Waals surface area contributed by atoms with Gasteiger partial charge in [-0.15, -0.1) is 0 Å². The lowest BCUT2D eigenvalue weighted by Crippen LogP contribution is -2.34. The van der Waals surface area contributed by atoms with Crippen molar-refractivity contribution in [3.8, 4) is 0 Å². The number of esters is 1. The fourth-order valence-electron chi connectivity index (χ4n) is 4.51. The van der Waals surface area contributed by atoms with Crippen LogP contribution in [0.3, 0.4) is 0 Å². The largest absolute Gasteiger partial charge is 0.458 e. The highest BCUT2D eigenvalue weighted by molar-refractivity contribution is 5.91. The minimum Gasteiger partial charge on any atom is -0.458 e. The van der Waals surface area contributed by atoms with E-state index in [1.165, 1.54) is 5.57 Å². The van der Waals surface area contributed by atoms with E-state index in [-0.39, 0.29) is 41.8 Å². The molecule has 6 unspecified atom stereocenters. The highest BCUT2D eigenvalue weighted by atomic mass is 16.6. The molecule has 7 atom stereocenters. The quantitative estimate of drug-likeness (QED) is 0.414. The highest BCUT2D eigenvalue weighted by Gasteiger charge is 2.55. The number of hydrogen-bond donors (Lipinski definition) is 1. The van der Waals surface area contributed by atoms with Crippen LogP contribution in [0.15, 0.2) is 24.3 Å². The summed E-state index contributed by atoms with van der Waals surface area (Å²) in [6, 6.07) is 0. The maximum atomic E-state index is 11.8. The Hall–Kier alpha value is -1.09. The zero-order valence-electron chi connectivity index (χ0n) is 11.6. The lowest BCUT2D eigenvalue weighted by atomic mass is 9.77. The van der Waals surface area contributed by atoms with E-state index in [4.69, 9.17) is 4.74 Å². The normalized spacial score (nSPS) is 49.6. The zero-order chi connectivity index (χ0) is 13.9. The van der Waals surface area contributed by atoms with Crippen LogP contribution in [0.4, 0.5) is 0 Å². The van der Waals surface area contributed by atoms with Gasteiger partial charge in [0.1, 0.15) is 6.10 Å². The lowest BCUT2D eigenvalue weighted by molar-refractivity contribution is -0.142. The lowest BCUT2D eigenvalue weighted by Gasteiger charge is -2.29. The van der Waals surface area contributed by atoms with Crippen molar-refractivity contribution in [1.29, 1.82) is 0 Å². The van der Waals surface area contributed by atoms with Gasteiger partial charge < -0.3 is 9.84 Å². The van der Waals surface area contributed by atoms with Crippen LogP contribution in [-0.4, -0.2) is 23.3 Å². The number of aliphatic hydroxyl groups is 1. The van der Waals surface area contributed by atoms with Crippen LogP contribution in [0, 0.1) is 29.6 Å². The van der Waals surface area contributed by atoms with Gasteiger partial charge in [-0.05, 0) is 30.6 Å². The summed E-state index contributed by atoms with van der Waals surface area (Å²) in [5.74, 6) is 0.806. The van der Waals surface area contributed by atoms with Gasteiger partial charge >= 0.3 is 5.97 Å². The smallest absolute Gasteiger partial charge is 0.334 e. The summed E-state index contributed by atoms with van der Waals surface area (Å²) >= 11 is 0. The van der Waals surface area contributed by atoms with E-state index in [2.05, 4.69) is 27.0 Å². The molecule has 1 saturated heterocycles. The molecule has 3 nitrogen and oxygen atoms in total. The summed E-state index contributed by atoms with van der Waals surface area (Å²) < 4.78 is 5.62. The number of rotatable bonds is 0. The predicted molar refractivity (Wildman–Crippen MR) is 72.2 cm³/mol. The molecule has 0 amide bonds. The van der Waals surface area contributed by atoms with Gasteiger partial charge in [0.15, 0.2) is 0 Å². The Morgan fingerprint density at radius 3 is 2.68 bits per heavy atom. The Morgan fingerprint density at radius 2 is 2.00 bits per heavy atom. The van der Waals surface area contributed by atoms with E-state index in [0.29, 0.717) is 11.5 Å². The van der Waals surface area contributed by atoms with Gasteiger partial charge in [0.05, 0.1) is 6.10 Å². The number of carbonyl (C=O) groups is 1. The standard InChI is InChI=1S/C16H22O3/c1-7-5-8(2)13-10(4)16(18)19-15(13)14-9(3)12(17)6-11(7)14/h8-9,11-15,17H,1,4-6H2,2-3H3/t8?,9?,11-,12?,13?,14?,15?/m0/s1. The molecular formula is C16H22O3. The predicted octanol–water partition coefficient (Wildman–Crippen LogP) is 2.31. The van der Waals surface area contributed by atoms with Gasteiger partial charge in [0.2, 0.25) is 0 Å². The van der Waals surface area contributed by atoms with Crippen LogP contribution in [0.25, 0.3) is 0 Å². The molecule has 3 rings (SSSR count). The van der Waals surface area contributed by atoms with E-state index in [0.717, 1.165) is 12.8 Å². The Labute approximate surface area is 114 Å². The third kappa shape index (κ3) is 1.71. The van der Waals surface area contributed by atoms with E-state index < -0.39 is 0 Å². The van der Waals surface area contributed by atoms with Crippen molar-refractivity contribution in [2.45, 2.75) is 38.9 Å². The molecule has 3 fully saturated rings. The molecule has 0 radical (unpaired) electrons. The molecule has 1 heterocycles. The van der Waals surface area contributed by atoms with Crippen LogP contribution >= 0.6 is 0 Å². The molecule has 19 heavy (non-hydrogen) atoms. The number of fused-ring (bicyclic) bond motifs is 3. The molecule has 2 saturated carbocycles. The molecule has 3 aliphatic rings. The van der Waals surface area contributed by atoms with Gasteiger partial charge in [-0.1, -0.05) is 32.6 Å². The van der Waals surface area contributed by atoms with Gasteiger partial charge in [0, 0.05) is 17.4 Å². The summed E-state index contributed by atoms with van der Waals surface area (Å²) in [6.45, 7) is 12.4. The van der Waals surface area contributed by atoms with Crippen LogP contribution in [0.1, 0.15) is 26.7 Å². The van der Waals surface area contributed by atoms with Crippen molar-refractivity contribution in [1.82, 2.24) is 0 Å². The molecule has 0 spiro atoms. The fourth-order valence-corrected chi connectivity index (χ4v) is 4.51. The van der Waals surface area contributed by atoms with Crippen molar-refractivity contribution in [3.05, 3.63) is 24.3 Å². The Morgan fingerprint density at radius 1 is 1.32 bits per heavy atom. The average Bonchev–Trinajstić information content (AvgIpc) is 2.75. The first-order valence-corrected chi connectivity index (χ1v) is 7.17. The number of aliphatic hydroxyl groups excluding tert-OH is 1. The Balaban J connectivity index is 2.03. The average molecular weight is 262 g/mol. The summed E-state index contributed by atoms with van der Waals surface area (Å²) in [5.41, 5.74) is 1.82. The number of hydrogen-bond acceptors (Lipinski definition) is 3. The fraction of sp³-hybridized carbons (Fsp3) is 0.688. The molecule has 3 heteroatoms. The molecule has 104 valence electrons. The maximum Gasteiger partial charge on any atom is 0.334 e. The highest BCUT2D eigenvalue weighted by Crippen LogP contribution is 2.53. The zero-order valence-corrected chi connectivity index (χ0v) is 11.6. The van der Waals surface area contributed by atoms with Crippen molar-refractivity contribution in [3.63, 3.8) is 0 Å². The third-order valence-corrected chi connectivity index (χ3v) is 5.54. The van der Waals surface area contributed by atoms with Crippen LogP contribution in [-0.2, 0) is 9.53 Å². The first kappa shape index (κ1) is 12.9. The Kier molecular flexibility index (Phi) is 2.86. The second-order valence-corrected chi connectivity index (χ2v) is 6.61. The van der Waals surface area contributed by atoms with E-state index in [1.807, 2.05) is 0 Å². The summed E-state index contributed by atoms with van der Waals surface area (Å²) in [5, 5.41) is 10.2. The maximum absolute atomic E-state index is 11.8. The minimum absolute atomic E-state index is 0.0898. The van der Waals surface area contributed by atoms with E-state index >= 15 is 0 Å². The molecule has 2 aliphatic carbocycles. The molecule has 0 aromatic heterocycles. The second kappa shape index (κ2) is 4.20. The Bertz CT molecular complexity index is 453. The van der Waals surface area contributed by atoms with Crippen molar-refractivity contribution in [2.24, 2.45) is 29.6 Å². The van der Waals surface area contributed by atoms with Crippen molar-refractivity contribution in [2.75, 3.05) is 0 Å². The topological polar surface area (TPSA) is 46.5 Å². The van der Waals surface area contributed by atoms with Gasteiger partial charge in [0.25, 0.3) is 0 Å². The van der Waals surface area contributed by atoms with Crippen molar-refractivity contribution < 1.29 is 14.6 Å². The van der Waals surface area contributed by atoms with E-state index in [9.17, 15) is 9.90 Å². The van der Waals surface area contributed by atoms with Crippen LogP contribution in [0.5, 0.6) is 0 Å². The first-order valence-electron chi connectivity index (χ1n) is 7.17. The van der Waals surface area contributed by atoms with Crippen LogP contribution < -0.4 is 0 Å². The SMILES string of the molecule is C=C1C(=O)OC2C1C(C)CC(=C)[C@@H]1CC(O)C(C)C21. The summed E-state index contributed by atoms with van der Waals surface area (Å²) in [6.07, 6.45) is 1.22. The molecular weight excluding hydrogens is 240 g/mol. The number of ether oxygens (including phenoxy) is 1. The van der Waals surface area contributed by atoms with Crippen LogP contribution in [0.2, 0.25) is 0 Å². The summed E-state index contributed by atoms with van der Waals surface area (Å²) in [4.78, 5) is 11.8. The molecule has 1 N–H and O–H groups in total. The second-order valence-electron chi connectivity index (χ2n) is 6.61. The minimum atomic E-state index is -0.312. The third-order valence-electron chi connectivity index (χ3n) is 5.54. The molecule has 0 aromatic carbocycles.